The maximum absolute atomic E-state index is 12.5. The van der Waals surface area contributed by atoms with Crippen molar-refractivity contribution in [1.29, 1.82) is 0 Å². The molecule has 0 aliphatic heterocycles. The van der Waals surface area contributed by atoms with Crippen LogP contribution in [0.3, 0.4) is 0 Å². The normalized spacial score (nSPS) is 10.5. The van der Waals surface area contributed by atoms with Crippen molar-refractivity contribution in [2.75, 3.05) is 6.54 Å². The molecule has 0 bridgehead atoms. The maximum Gasteiger partial charge on any atom is 0.232 e. The van der Waals surface area contributed by atoms with Crippen LogP contribution in [0.1, 0.15) is 31.4 Å². The summed E-state index contributed by atoms with van der Waals surface area (Å²) in [5, 5.41) is 2.83. The highest BCUT2D eigenvalue weighted by Crippen LogP contribution is 2.10. The van der Waals surface area contributed by atoms with Gasteiger partial charge in [0.25, 0.3) is 0 Å². The topological polar surface area (TPSA) is 49.4 Å². The lowest BCUT2D eigenvalue weighted by atomic mass is 10.1. The highest BCUT2D eigenvalue weighted by Gasteiger charge is 2.20. The average Bonchev–Trinajstić information content (AvgIpc) is 2.61. The van der Waals surface area contributed by atoms with Gasteiger partial charge in [-0.1, -0.05) is 60.7 Å². The molecule has 132 valence electrons. The van der Waals surface area contributed by atoms with E-state index >= 15 is 0 Å². The van der Waals surface area contributed by atoms with Crippen molar-refractivity contribution in [3.8, 4) is 0 Å². The molecule has 0 radical (unpaired) electrons. The van der Waals surface area contributed by atoms with E-state index in [4.69, 9.17) is 0 Å². The first-order valence-corrected chi connectivity index (χ1v) is 8.70. The van der Waals surface area contributed by atoms with Crippen LogP contribution in [0.4, 0.5) is 0 Å². The molecule has 0 unspecified atom stereocenters. The Morgan fingerprint density at radius 1 is 0.920 bits per heavy atom. The van der Waals surface area contributed by atoms with E-state index in [1.807, 2.05) is 74.5 Å². The molecule has 2 rings (SSSR count). The Hall–Kier alpha value is -2.62. The van der Waals surface area contributed by atoms with E-state index in [-0.39, 0.29) is 24.3 Å². The Bertz CT molecular complexity index is 669. The first-order chi connectivity index (χ1) is 12.1. The highest BCUT2D eigenvalue weighted by atomic mass is 16.2. The molecule has 0 saturated carbocycles. The fourth-order valence-corrected chi connectivity index (χ4v) is 2.63. The molecule has 4 heteroatoms. The number of nitrogens with zero attached hydrogens (tertiary/aromatic N) is 1. The van der Waals surface area contributed by atoms with Gasteiger partial charge in [-0.25, -0.2) is 0 Å². The van der Waals surface area contributed by atoms with Gasteiger partial charge in [0.15, 0.2) is 0 Å². The minimum Gasteiger partial charge on any atom is -0.355 e. The maximum atomic E-state index is 12.5. The van der Waals surface area contributed by atoms with Gasteiger partial charge in [0.1, 0.15) is 6.42 Å². The van der Waals surface area contributed by atoms with Crippen molar-refractivity contribution in [3.05, 3.63) is 71.8 Å². The summed E-state index contributed by atoms with van der Waals surface area (Å²) in [6.45, 7) is 4.99. The van der Waals surface area contributed by atoms with E-state index in [2.05, 4.69) is 5.32 Å². The molecule has 0 saturated heterocycles. The van der Waals surface area contributed by atoms with Crippen LogP contribution in [0.5, 0.6) is 0 Å². The summed E-state index contributed by atoms with van der Waals surface area (Å²) in [5.41, 5.74) is 2.23. The van der Waals surface area contributed by atoms with Gasteiger partial charge < -0.3 is 10.2 Å². The van der Waals surface area contributed by atoms with Gasteiger partial charge in [-0.15, -0.1) is 0 Å². The molecular weight excluding hydrogens is 312 g/mol. The van der Waals surface area contributed by atoms with Gasteiger partial charge in [-0.2, -0.15) is 0 Å². The summed E-state index contributed by atoms with van der Waals surface area (Å²) in [6, 6.07) is 19.9. The summed E-state index contributed by atoms with van der Waals surface area (Å²) >= 11 is 0. The standard InChI is InChI=1S/C21H26N2O2/c1-17(2)23(16-19-11-7-4-8-12-19)21(25)15-20(24)22-14-13-18-9-5-3-6-10-18/h3-12,17H,13-16H2,1-2H3,(H,22,24). The van der Waals surface area contributed by atoms with E-state index in [0.717, 1.165) is 12.0 Å². The number of hydrogen-bond donors (Lipinski definition) is 1. The largest absolute Gasteiger partial charge is 0.355 e. The first-order valence-electron chi connectivity index (χ1n) is 8.70. The number of rotatable bonds is 8. The SMILES string of the molecule is CC(C)N(Cc1ccccc1)C(=O)CC(=O)NCCc1ccccc1. The third-order valence-electron chi connectivity index (χ3n) is 4.03. The molecule has 0 aliphatic rings. The van der Waals surface area contributed by atoms with Crippen LogP contribution in [0.25, 0.3) is 0 Å². The second kappa shape index (κ2) is 9.62. The van der Waals surface area contributed by atoms with Crippen LogP contribution in [0.2, 0.25) is 0 Å². The predicted octanol–water partition coefficient (Wildman–Crippen LogP) is 3.17. The summed E-state index contributed by atoms with van der Waals surface area (Å²) in [5.74, 6) is -0.365. The van der Waals surface area contributed by atoms with Gasteiger partial charge in [-0.3, -0.25) is 9.59 Å². The van der Waals surface area contributed by atoms with E-state index < -0.39 is 0 Å². The number of amides is 2. The van der Waals surface area contributed by atoms with Crippen molar-refractivity contribution >= 4 is 11.8 Å². The van der Waals surface area contributed by atoms with Gasteiger partial charge >= 0.3 is 0 Å². The summed E-state index contributed by atoms with van der Waals surface area (Å²) in [6.07, 6.45) is 0.651. The Labute approximate surface area is 149 Å². The predicted molar refractivity (Wildman–Crippen MR) is 99.9 cm³/mol. The Morgan fingerprint density at radius 2 is 1.48 bits per heavy atom. The summed E-state index contributed by atoms with van der Waals surface area (Å²) in [7, 11) is 0. The van der Waals surface area contributed by atoms with Crippen LogP contribution >= 0.6 is 0 Å². The van der Waals surface area contributed by atoms with Gasteiger partial charge in [0.05, 0.1) is 0 Å². The van der Waals surface area contributed by atoms with Crippen molar-refractivity contribution < 1.29 is 9.59 Å². The Kier molecular flexibility index (Phi) is 7.20. The number of benzene rings is 2. The van der Waals surface area contributed by atoms with Crippen LogP contribution in [0, 0.1) is 0 Å². The van der Waals surface area contributed by atoms with Gasteiger partial charge in [0, 0.05) is 19.1 Å². The molecule has 1 N–H and O–H groups in total. The van der Waals surface area contributed by atoms with Crippen molar-refractivity contribution in [2.24, 2.45) is 0 Å². The fourth-order valence-electron chi connectivity index (χ4n) is 2.63. The van der Waals surface area contributed by atoms with Crippen LogP contribution in [-0.4, -0.2) is 29.3 Å². The molecule has 0 aliphatic carbocycles. The fraction of sp³-hybridized carbons (Fsp3) is 0.333. The highest BCUT2D eigenvalue weighted by molar-refractivity contribution is 5.96. The molecule has 0 heterocycles. The summed E-state index contributed by atoms with van der Waals surface area (Å²) in [4.78, 5) is 26.3. The Balaban J connectivity index is 1.82. The number of nitrogens with one attached hydrogen (secondary N) is 1. The summed E-state index contributed by atoms with van der Waals surface area (Å²) < 4.78 is 0. The zero-order chi connectivity index (χ0) is 18.1. The molecule has 0 aromatic heterocycles. The number of carbonyl (C=O) groups excluding carboxylic acids is 2. The second-order valence-electron chi connectivity index (χ2n) is 6.36. The number of hydrogen-bond acceptors (Lipinski definition) is 2. The smallest absolute Gasteiger partial charge is 0.232 e. The molecule has 0 spiro atoms. The molecule has 0 atom stereocenters. The quantitative estimate of drug-likeness (QED) is 0.752. The number of carbonyl (C=O) groups is 2. The van der Waals surface area contributed by atoms with Crippen LogP contribution < -0.4 is 5.32 Å². The molecular formula is C21H26N2O2. The van der Waals surface area contributed by atoms with Crippen LogP contribution in [-0.2, 0) is 22.6 Å². The minimum absolute atomic E-state index is 0.0461. The van der Waals surface area contributed by atoms with Crippen molar-refractivity contribution in [1.82, 2.24) is 10.2 Å². The minimum atomic E-state index is -0.223. The zero-order valence-corrected chi connectivity index (χ0v) is 14.9. The molecule has 2 aromatic carbocycles. The lowest BCUT2D eigenvalue weighted by molar-refractivity contribution is -0.137. The van der Waals surface area contributed by atoms with E-state index in [0.29, 0.717) is 13.1 Å². The lowest BCUT2D eigenvalue weighted by Crippen LogP contribution is -2.39. The average molecular weight is 338 g/mol. The zero-order valence-electron chi connectivity index (χ0n) is 14.9. The third kappa shape index (κ3) is 6.42. The second-order valence-corrected chi connectivity index (χ2v) is 6.36. The van der Waals surface area contributed by atoms with E-state index in [1.165, 1.54) is 5.56 Å². The van der Waals surface area contributed by atoms with E-state index in [1.54, 1.807) is 4.90 Å². The molecule has 25 heavy (non-hydrogen) atoms. The first kappa shape index (κ1) is 18.7. The van der Waals surface area contributed by atoms with Gasteiger partial charge in [-0.05, 0) is 31.4 Å². The van der Waals surface area contributed by atoms with Crippen molar-refractivity contribution in [2.45, 2.75) is 39.3 Å². The molecule has 4 nitrogen and oxygen atoms in total. The molecule has 2 amide bonds. The van der Waals surface area contributed by atoms with E-state index in [9.17, 15) is 9.59 Å². The van der Waals surface area contributed by atoms with Crippen molar-refractivity contribution in [3.63, 3.8) is 0 Å². The Morgan fingerprint density at radius 3 is 2.04 bits per heavy atom. The molecule has 2 aromatic rings. The van der Waals surface area contributed by atoms with Gasteiger partial charge in [0.2, 0.25) is 11.8 Å². The monoisotopic (exact) mass is 338 g/mol. The van der Waals surface area contributed by atoms with Crippen LogP contribution in [0.15, 0.2) is 60.7 Å². The molecule has 0 fully saturated rings. The lowest BCUT2D eigenvalue weighted by Gasteiger charge is -2.26. The third-order valence-corrected chi connectivity index (χ3v) is 4.03.